The molecule has 6 nitrogen and oxygen atoms in total. The molecule has 1 N–H and O–H groups in total. The largest absolute Gasteiger partial charge is 0.469 e. The third-order valence-electron chi connectivity index (χ3n) is 5.42. The fourth-order valence-corrected chi connectivity index (χ4v) is 3.83. The molecule has 1 atom stereocenters. The van der Waals surface area contributed by atoms with Gasteiger partial charge < -0.3 is 14.6 Å². The third kappa shape index (κ3) is 6.10. The Hall–Kier alpha value is -2.29. The van der Waals surface area contributed by atoms with Crippen LogP contribution < -0.4 is 5.32 Å². The van der Waals surface area contributed by atoms with Crippen LogP contribution in [0.4, 0.5) is 0 Å². The number of nitrogens with zero attached hydrogens (tertiary/aromatic N) is 4. The van der Waals surface area contributed by atoms with E-state index in [9.17, 15) is 0 Å². The summed E-state index contributed by atoms with van der Waals surface area (Å²) in [4.78, 5) is 7.28. The molecule has 1 saturated heterocycles. The van der Waals surface area contributed by atoms with Crippen molar-refractivity contribution in [2.24, 2.45) is 12.0 Å². The first-order valence-electron chi connectivity index (χ1n) is 10.4. The molecular weight excluding hydrogens is 489 g/mol. The lowest BCUT2D eigenvalue weighted by Crippen LogP contribution is -2.41. The lowest BCUT2D eigenvalue weighted by Gasteiger charge is -2.22. The van der Waals surface area contributed by atoms with E-state index in [1.165, 1.54) is 11.1 Å². The highest BCUT2D eigenvalue weighted by molar-refractivity contribution is 14.0. The van der Waals surface area contributed by atoms with Gasteiger partial charge in [-0.15, -0.1) is 24.0 Å². The van der Waals surface area contributed by atoms with Crippen molar-refractivity contribution in [3.63, 3.8) is 0 Å². The summed E-state index contributed by atoms with van der Waals surface area (Å²) < 4.78 is 7.33. The SMILES string of the molecule is Cn1cc(C2CCN(C(=NCCc3ccco3)NCCc3ccccc3)C2)cn1.I. The molecule has 4 rings (SSSR count). The van der Waals surface area contributed by atoms with Crippen LogP contribution in [-0.4, -0.2) is 46.8 Å². The number of aromatic nitrogens is 2. The molecule has 0 bridgehead atoms. The van der Waals surface area contributed by atoms with E-state index in [0.717, 1.165) is 57.2 Å². The lowest BCUT2D eigenvalue weighted by atomic mass is 10.0. The first-order chi connectivity index (χ1) is 14.3. The van der Waals surface area contributed by atoms with Gasteiger partial charge in [0.05, 0.1) is 12.5 Å². The van der Waals surface area contributed by atoms with Gasteiger partial charge in [-0.1, -0.05) is 30.3 Å². The second-order valence-electron chi connectivity index (χ2n) is 7.58. The maximum Gasteiger partial charge on any atom is 0.193 e. The Morgan fingerprint density at radius 1 is 1.20 bits per heavy atom. The summed E-state index contributed by atoms with van der Waals surface area (Å²) in [6.45, 7) is 3.58. The molecule has 1 aliphatic heterocycles. The summed E-state index contributed by atoms with van der Waals surface area (Å²) in [6, 6.07) is 14.5. The minimum absolute atomic E-state index is 0. The smallest absolute Gasteiger partial charge is 0.193 e. The van der Waals surface area contributed by atoms with E-state index in [-0.39, 0.29) is 24.0 Å². The van der Waals surface area contributed by atoms with Crippen LogP contribution in [0.1, 0.15) is 29.2 Å². The predicted molar refractivity (Wildman–Crippen MR) is 130 cm³/mol. The van der Waals surface area contributed by atoms with Crippen molar-refractivity contribution in [2.75, 3.05) is 26.2 Å². The van der Waals surface area contributed by atoms with E-state index in [2.05, 4.69) is 51.8 Å². The maximum absolute atomic E-state index is 5.44. The lowest BCUT2D eigenvalue weighted by molar-refractivity contribution is 0.481. The van der Waals surface area contributed by atoms with Crippen LogP contribution in [-0.2, 0) is 19.9 Å². The standard InChI is InChI=1S/C23H29N5O.HI/c1-27-17-21(16-26-27)20-11-14-28(18-20)23(25-13-10-22-8-5-15-29-22)24-12-9-19-6-3-2-4-7-19;/h2-8,15-17,20H,9-14,18H2,1H3,(H,24,25);1H. The Kier molecular flexibility index (Phi) is 8.36. The highest BCUT2D eigenvalue weighted by Crippen LogP contribution is 2.26. The van der Waals surface area contributed by atoms with Crippen molar-refractivity contribution in [1.82, 2.24) is 20.0 Å². The van der Waals surface area contributed by atoms with E-state index < -0.39 is 0 Å². The number of benzene rings is 1. The van der Waals surface area contributed by atoms with Gasteiger partial charge in [-0.05, 0) is 36.1 Å². The normalized spacial score (nSPS) is 16.5. The molecule has 0 saturated carbocycles. The zero-order valence-corrected chi connectivity index (χ0v) is 19.7. The number of halogens is 1. The Morgan fingerprint density at radius 3 is 2.80 bits per heavy atom. The molecule has 3 heterocycles. The van der Waals surface area contributed by atoms with E-state index in [1.54, 1.807) is 6.26 Å². The van der Waals surface area contributed by atoms with Crippen molar-refractivity contribution in [1.29, 1.82) is 0 Å². The molecule has 1 aliphatic rings. The average molecular weight is 519 g/mol. The molecule has 160 valence electrons. The third-order valence-corrected chi connectivity index (χ3v) is 5.42. The van der Waals surface area contributed by atoms with E-state index in [4.69, 9.17) is 9.41 Å². The molecule has 3 aromatic rings. The highest BCUT2D eigenvalue weighted by Gasteiger charge is 2.27. The Morgan fingerprint density at radius 2 is 2.07 bits per heavy atom. The van der Waals surface area contributed by atoms with Crippen molar-refractivity contribution in [3.05, 3.63) is 78.0 Å². The second kappa shape index (κ2) is 11.2. The number of aliphatic imine (C=N–C) groups is 1. The molecule has 0 amide bonds. The number of likely N-dealkylation sites (tertiary alicyclic amines) is 1. The summed E-state index contributed by atoms with van der Waals surface area (Å²) in [7, 11) is 1.98. The number of guanidine groups is 1. The predicted octanol–water partition coefficient (Wildman–Crippen LogP) is 3.85. The fourth-order valence-electron chi connectivity index (χ4n) is 3.83. The molecule has 1 fully saturated rings. The van der Waals surface area contributed by atoms with Crippen molar-refractivity contribution < 1.29 is 4.42 Å². The molecule has 0 spiro atoms. The van der Waals surface area contributed by atoms with Crippen LogP contribution in [0.3, 0.4) is 0 Å². The quantitative estimate of drug-likeness (QED) is 0.293. The number of aryl methyl sites for hydroxylation is 1. The number of furan rings is 1. The Bertz CT molecular complexity index is 907. The average Bonchev–Trinajstić information content (AvgIpc) is 3.49. The number of hydrogen-bond acceptors (Lipinski definition) is 3. The molecule has 0 radical (unpaired) electrons. The summed E-state index contributed by atoms with van der Waals surface area (Å²) in [6.07, 6.45) is 8.77. The van der Waals surface area contributed by atoms with E-state index in [1.807, 2.05) is 30.1 Å². The molecule has 1 aromatic carbocycles. The van der Waals surface area contributed by atoms with Crippen LogP contribution in [0.2, 0.25) is 0 Å². The van der Waals surface area contributed by atoms with Crippen LogP contribution >= 0.6 is 24.0 Å². The van der Waals surface area contributed by atoms with Gasteiger partial charge in [0.15, 0.2) is 5.96 Å². The van der Waals surface area contributed by atoms with Gasteiger partial charge in [-0.3, -0.25) is 9.67 Å². The molecule has 2 aromatic heterocycles. The van der Waals surface area contributed by atoms with E-state index >= 15 is 0 Å². The highest BCUT2D eigenvalue weighted by atomic mass is 127. The van der Waals surface area contributed by atoms with Gasteiger partial charge >= 0.3 is 0 Å². The minimum atomic E-state index is 0. The van der Waals surface area contributed by atoms with Crippen molar-refractivity contribution >= 4 is 29.9 Å². The van der Waals surface area contributed by atoms with Crippen LogP contribution in [0.15, 0.2) is 70.5 Å². The van der Waals surface area contributed by atoms with Crippen molar-refractivity contribution in [3.8, 4) is 0 Å². The zero-order valence-electron chi connectivity index (χ0n) is 17.4. The summed E-state index contributed by atoms with van der Waals surface area (Å²) >= 11 is 0. The summed E-state index contributed by atoms with van der Waals surface area (Å²) in [5.74, 6) is 2.49. The summed E-state index contributed by atoms with van der Waals surface area (Å²) in [5, 5.41) is 7.93. The van der Waals surface area contributed by atoms with Gasteiger partial charge in [0.1, 0.15) is 5.76 Å². The molecule has 1 unspecified atom stereocenters. The molecular formula is C23H30IN5O. The topological polar surface area (TPSA) is 58.6 Å². The van der Waals surface area contributed by atoms with Gasteiger partial charge in [0, 0.05) is 51.8 Å². The van der Waals surface area contributed by atoms with E-state index in [0.29, 0.717) is 5.92 Å². The maximum atomic E-state index is 5.44. The first kappa shape index (κ1) is 22.4. The van der Waals surface area contributed by atoms with Crippen molar-refractivity contribution in [2.45, 2.75) is 25.2 Å². The minimum Gasteiger partial charge on any atom is -0.469 e. The zero-order chi connectivity index (χ0) is 19.9. The van der Waals surface area contributed by atoms with Crippen LogP contribution in [0.5, 0.6) is 0 Å². The van der Waals surface area contributed by atoms with Gasteiger partial charge in [0.2, 0.25) is 0 Å². The second-order valence-corrected chi connectivity index (χ2v) is 7.58. The van der Waals surface area contributed by atoms with Gasteiger partial charge in [0.25, 0.3) is 0 Å². The molecule has 30 heavy (non-hydrogen) atoms. The number of nitrogens with one attached hydrogen (secondary N) is 1. The fraction of sp³-hybridized carbons (Fsp3) is 0.391. The van der Waals surface area contributed by atoms with Gasteiger partial charge in [-0.25, -0.2) is 0 Å². The molecule has 0 aliphatic carbocycles. The summed E-state index contributed by atoms with van der Waals surface area (Å²) in [5.41, 5.74) is 2.65. The number of rotatable bonds is 7. The Balaban J connectivity index is 0.00000256. The Labute approximate surface area is 195 Å². The first-order valence-corrected chi connectivity index (χ1v) is 10.4. The monoisotopic (exact) mass is 519 g/mol. The van der Waals surface area contributed by atoms with Gasteiger partial charge in [-0.2, -0.15) is 5.10 Å². The number of hydrogen-bond donors (Lipinski definition) is 1. The van der Waals surface area contributed by atoms with Crippen LogP contribution in [0.25, 0.3) is 0 Å². The molecule has 7 heteroatoms. The van der Waals surface area contributed by atoms with Crippen LogP contribution in [0, 0.1) is 0 Å².